The number of aromatic nitrogens is 2. The van der Waals surface area contributed by atoms with Crippen molar-refractivity contribution in [2.45, 2.75) is 18.8 Å². The lowest BCUT2D eigenvalue weighted by Crippen LogP contribution is -2.27. The SMILES string of the molecule is Brc1cnc2nc(C3CCNCC3)ccc2c1. The Labute approximate surface area is 109 Å². The average molecular weight is 292 g/mol. The van der Waals surface area contributed by atoms with Crippen LogP contribution in [0.2, 0.25) is 0 Å². The Balaban J connectivity index is 1.98. The van der Waals surface area contributed by atoms with Crippen molar-refractivity contribution in [3.8, 4) is 0 Å². The molecule has 1 aliphatic rings. The van der Waals surface area contributed by atoms with E-state index in [0.717, 1.165) is 28.6 Å². The van der Waals surface area contributed by atoms with E-state index in [1.165, 1.54) is 18.5 Å². The topological polar surface area (TPSA) is 37.8 Å². The van der Waals surface area contributed by atoms with Gasteiger partial charge in [0.2, 0.25) is 0 Å². The molecule has 1 saturated heterocycles. The van der Waals surface area contributed by atoms with Crippen LogP contribution in [-0.4, -0.2) is 23.1 Å². The summed E-state index contributed by atoms with van der Waals surface area (Å²) in [5.41, 5.74) is 2.04. The second-order valence-electron chi connectivity index (χ2n) is 4.46. The number of hydrogen-bond acceptors (Lipinski definition) is 3. The Kier molecular flexibility index (Phi) is 3.07. The first-order valence-electron chi connectivity index (χ1n) is 5.96. The van der Waals surface area contributed by atoms with E-state index in [1.807, 2.05) is 6.20 Å². The van der Waals surface area contributed by atoms with Crippen molar-refractivity contribution in [1.82, 2.24) is 15.3 Å². The third-order valence-corrected chi connectivity index (χ3v) is 3.72. The van der Waals surface area contributed by atoms with E-state index in [9.17, 15) is 0 Å². The van der Waals surface area contributed by atoms with Crippen molar-refractivity contribution in [2.24, 2.45) is 0 Å². The molecule has 17 heavy (non-hydrogen) atoms. The highest BCUT2D eigenvalue weighted by molar-refractivity contribution is 9.10. The molecule has 1 N–H and O–H groups in total. The minimum absolute atomic E-state index is 0.589. The highest BCUT2D eigenvalue weighted by atomic mass is 79.9. The van der Waals surface area contributed by atoms with E-state index in [2.05, 4.69) is 49.4 Å². The van der Waals surface area contributed by atoms with Crippen LogP contribution in [0.1, 0.15) is 24.5 Å². The molecule has 2 aromatic rings. The fourth-order valence-corrected chi connectivity index (χ4v) is 2.69. The molecule has 0 aliphatic carbocycles. The fraction of sp³-hybridized carbons (Fsp3) is 0.385. The predicted molar refractivity (Wildman–Crippen MR) is 72.1 cm³/mol. The van der Waals surface area contributed by atoms with Gasteiger partial charge in [0, 0.05) is 27.7 Å². The first kappa shape index (κ1) is 11.1. The second kappa shape index (κ2) is 4.70. The number of piperidine rings is 1. The summed E-state index contributed by atoms with van der Waals surface area (Å²) in [6.45, 7) is 2.19. The molecule has 4 heteroatoms. The molecular weight excluding hydrogens is 278 g/mol. The molecule has 1 aliphatic heterocycles. The lowest BCUT2D eigenvalue weighted by molar-refractivity contribution is 0.454. The highest BCUT2D eigenvalue weighted by Gasteiger charge is 2.16. The molecule has 0 saturated carbocycles. The molecule has 0 atom stereocenters. The summed E-state index contributed by atoms with van der Waals surface area (Å²) >= 11 is 3.43. The van der Waals surface area contributed by atoms with Crippen molar-refractivity contribution in [3.05, 3.63) is 34.6 Å². The zero-order chi connectivity index (χ0) is 11.7. The summed E-state index contributed by atoms with van der Waals surface area (Å²) in [6, 6.07) is 6.32. The van der Waals surface area contributed by atoms with E-state index >= 15 is 0 Å². The highest BCUT2D eigenvalue weighted by Crippen LogP contribution is 2.25. The number of nitrogens with one attached hydrogen (secondary N) is 1. The van der Waals surface area contributed by atoms with E-state index in [4.69, 9.17) is 0 Å². The second-order valence-corrected chi connectivity index (χ2v) is 5.38. The van der Waals surface area contributed by atoms with E-state index in [0.29, 0.717) is 5.92 Å². The predicted octanol–water partition coefficient (Wildman–Crippen LogP) is 2.86. The van der Waals surface area contributed by atoms with E-state index in [-0.39, 0.29) is 0 Å². The molecule has 3 rings (SSSR count). The van der Waals surface area contributed by atoms with Gasteiger partial charge < -0.3 is 5.32 Å². The van der Waals surface area contributed by atoms with Gasteiger partial charge in [0.05, 0.1) is 0 Å². The van der Waals surface area contributed by atoms with Crippen LogP contribution in [0.15, 0.2) is 28.9 Å². The van der Waals surface area contributed by atoms with Gasteiger partial charge in [-0.25, -0.2) is 9.97 Å². The Hall–Kier alpha value is -1.00. The largest absolute Gasteiger partial charge is 0.317 e. The molecule has 0 amide bonds. The smallest absolute Gasteiger partial charge is 0.159 e. The van der Waals surface area contributed by atoms with Gasteiger partial charge in [-0.2, -0.15) is 0 Å². The van der Waals surface area contributed by atoms with Crippen LogP contribution < -0.4 is 5.32 Å². The monoisotopic (exact) mass is 291 g/mol. The van der Waals surface area contributed by atoms with E-state index in [1.54, 1.807) is 0 Å². The molecule has 0 radical (unpaired) electrons. The molecule has 0 aromatic carbocycles. The molecule has 0 spiro atoms. The molecule has 0 bridgehead atoms. The summed E-state index contributed by atoms with van der Waals surface area (Å²) in [7, 11) is 0. The first-order chi connectivity index (χ1) is 8.33. The number of hydrogen-bond donors (Lipinski definition) is 1. The summed E-state index contributed by atoms with van der Waals surface area (Å²) in [5.74, 6) is 0.589. The van der Waals surface area contributed by atoms with Gasteiger partial charge in [0.15, 0.2) is 5.65 Å². The molecule has 3 heterocycles. The first-order valence-corrected chi connectivity index (χ1v) is 6.75. The Morgan fingerprint density at radius 2 is 2.06 bits per heavy atom. The molecule has 1 fully saturated rings. The van der Waals surface area contributed by atoms with Crippen molar-refractivity contribution in [3.63, 3.8) is 0 Å². The van der Waals surface area contributed by atoms with Crippen LogP contribution >= 0.6 is 15.9 Å². The number of pyridine rings is 2. The van der Waals surface area contributed by atoms with Gasteiger partial charge in [0.1, 0.15) is 0 Å². The van der Waals surface area contributed by atoms with Crippen LogP contribution in [-0.2, 0) is 0 Å². The van der Waals surface area contributed by atoms with Gasteiger partial charge in [-0.3, -0.25) is 0 Å². The summed E-state index contributed by atoms with van der Waals surface area (Å²) < 4.78 is 1.00. The standard InChI is InChI=1S/C13H14BrN3/c14-11-7-10-1-2-12(17-13(10)16-8-11)9-3-5-15-6-4-9/h1-2,7-9,15H,3-6H2. The normalized spacial score (nSPS) is 17.5. The molecule has 88 valence electrons. The summed E-state index contributed by atoms with van der Waals surface area (Å²) in [6.07, 6.45) is 4.16. The summed E-state index contributed by atoms with van der Waals surface area (Å²) in [4.78, 5) is 9.04. The number of rotatable bonds is 1. The number of nitrogens with zero attached hydrogens (tertiary/aromatic N) is 2. The van der Waals surface area contributed by atoms with Gasteiger partial charge >= 0.3 is 0 Å². The number of fused-ring (bicyclic) bond motifs is 1. The van der Waals surface area contributed by atoms with Crippen molar-refractivity contribution in [2.75, 3.05) is 13.1 Å². The van der Waals surface area contributed by atoms with Gasteiger partial charge in [0.25, 0.3) is 0 Å². The lowest BCUT2D eigenvalue weighted by Gasteiger charge is -2.22. The molecule has 3 nitrogen and oxygen atoms in total. The third-order valence-electron chi connectivity index (χ3n) is 3.29. The maximum Gasteiger partial charge on any atom is 0.159 e. The quantitative estimate of drug-likeness (QED) is 0.878. The van der Waals surface area contributed by atoms with Crippen molar-refractivity contribution >= 4 is 27.0 Å². The van der Waals surface area contributed by atoms with Gasteiger partial charge in [-0.1, -0.05) is 0 Å². The molecule has 0 unspecified atom stereocenters. The fourth-order valence-electron chi connectivity index (χ4n) is 2.34. The van der Waals surface area contributed by atoms with E-state index < -0.39 is 0 Å². The van der Waals surface area contributed by atoms with Crippen LogP contribution in [0.5, 0.6) is 0 Å². The summed E-state index contributed by atoms with van der Waals surface area (Å²) in [5, 5.41) is 4.47. The molecular formula is C13H14BrN3. The Morgan fingerprint density at radius 3 is 2.88 bits per heavy atom. The van der Waals surface area contributed by atoms with Crippen molar-refractivity contribution in [1.29, 1.82) is 0 Å². The van der Waals surface area contributed by atoms with Crippen molar-refractivity contribution < 1.29 is 0 Å². The van der Waals surface area contributed by atoms with Gasteiger partial charge in [-0.15, -0.1) is 0 Å². The minimum atomic E-state index is 0.589. The van der Waals surface area contributed by atoms with Gasteiger partial charge in [-0.05, 0) is 60.1 Å². The zero-order valence-corrected chi connectivity index (χ0v) is 11.1. The van der Waals surface area contributed by atoms with Crippen LogP contribution in [0.4, 0.5) is 0 Å². The zero-order valence-electron chi connectivity index (χ0n) is 9.49. The van der Waals surface area contributed by atoms with Crippen LogP contribution in [0, 0.1) is 0 Å². The van der Waals surface area contributed by atoms with Crippen LogP contribution in [0.25, 0.3) is 11.0 Å². The lowest BCUT2D eigenvalue weighted by atomic mass is 9.94. The minimum Gasteiger partial charge on any atom is -0.317 e. The maximum absolute atomic E-state index is 4.68. The van der Waals surface area contributed by atoms with Crippen LogP contribution in [0.3, 0.4) is 0 Å². The maximum atomic E-state index is 4.68. The number of halogens is 1. The Bertz CT molecular complexity index is 535. The third kappa shape index (κ3) is 2.33. The Morgan fingerprint density at radius 1 is 1.24 bits per heavy atom. The average Bonchev–Trinajstić information content (AvgIpc) is 2.39. The molecule has 2 aromatic heterocycles.